The van der Waals surface area contributed by atoms with Crippen LogP contribution in [0, 0.1) is 0 Å². The molecule has 1 aliphatic heterocycles. The van der Waals surface area contributed by atoms with Gasteiger partial charge in [0.15, 0.2) is 0 Å². The smallest absolute Gasteiger partial charge is 0.290 e. The van der Waals surface area contributed by atoms with Gasteiger partial charge in [0, 0.05) is 24.8 Å². The van der Waals surface area contributed by atoms with Gasteiger partial charge >= 0.3 is 0 Å². The molecule has 0 bridgehead atoms. The topological polar surface area (TPSA) is 109 Å². The Kier molecular flexibility index (Phi) is 6.98. The summed E-state index contributed by atoms with van der Waals surface area (Å²) in [7, 11) is 0. The molecule has 3 aromatic heterocycles. The van der Waals surface area contributed by atoms with Crippen molar-refractivity contribution in [3.8, 4) is 10.6 Å². The minimum atomic E-state index is -0.387. The number of rotatable bonds is 7. The van der Waals surface area contributed by atoms with Gasteiger partial charge in [-0.15, -0.1) is 11.3 Å². The summed E-state index contributed by atoms with van der Waals surface area (Å²) in [4.78, 5) is 38.2. The summed E-state index contributed by atoms with van der Waals surface area (Å²) >= 11 is 2.59. The van der Waals surface area contributed by atoms with Gasteiger partial charge in [-0.25, -0.2) is 9.97 Å². The molecule has 3 N–H and O–H groups in total. The van der Waals surface area contributed by atoms with Crippen LogP contribution in [-0.4, -0.2) is 38.2 Å². The van der Waals surface area contributed by atoms with Gasteiger partial charge in [0.1, 0.15) is 0 Å². The van der Waals surface area contributed by atoms with Crippen LogP contribution >= 0.6 is 23.1 Å². The summed E-state index contributed by atoms with van der Waals surface area (Å²) in [5.41, 5.74) is 2.68. The second-order valence-electron chi connectivity index (χ2n) is 8.22. The molecule has 5 rings (SSSR count). The van der Waals surface area contributed by atoms with Crippen molar-refractivity contribution in [1.29, 1.82) is 0 Å². The van der Waals surface area contributed by atoms with Crippen LogP contribution in [-0.2, 0) is 11.3 Å². The number of aromatic nitrogens is 3. The maximum Gasteiger partial charge on any atom is 0.290 e. The molecule has 4 heterocycles. The third-order valence-electron chi connectivity index (χ3n) is 5.81. The first-order chi connectivity index (χ1) is 16.6. The van der Waals surface area contributed by atoms with Crippen molar-refractivity contribution in [1.82, 2.24) is 25.6 Å². The minimum absolute atomic E-state index is 0.298. The van der Waals surface area contributed by atoms with Gasteiger partial charge in [0.25, 0.3) is 11.1 Å². The van der Waals surface area contributed by atoms with Crippen molar-refractivity contribution in [3.05, 3.63) is 64.3 Å². The Bertz CT molecular complexity index is 1210. The van der Waals surface area contributed by atoms with E-state index in [1.54, 1.807) is 29.7 Å². The maximum absolute atomic E-state index is 11.7. The average molecular weight is 493 g/mol. The van der Waals surface area contributed by atoms with Crippen molar-refractivity contribution in [2.24, 2.45) is 0 Å². The summed E-state index contributed by atoms with van der Waals surface area (Å²) in [6, 6.07) is 12.8. The summed E-state index contributed by atoms with van der Waals surface area (Å²) in [5.74, 6) is 0.150. The zero-order valence-corrected chi connectivity index (χ0v) is 20.0. The minimum Gasteiger partial charge on any atom is -0.351 e. The Morgan fingerprint density at radius 3 is 2.65 bits per heavy atom. The number of carbonyl (C=O) groups is 2. The predicted octanol–water partition coefficient (Wildman–Crippen LogP) is 4.44. The zero-order chi connectivity index (χ0) is 23.3. The van der Waals surface area contributed by atoms with Gasteiger partial charge in [0.05, 0.1) is 26.9 Å². The number of nitrogens with one attached hydrogen (secondary N) is 3. The third kappa shape index (κ3) is 5.69. The molecule has 3 aromatic rings. The highest BCUT2D eigenvalue weighted by atomic mass is 32.2. The van der Waals surface area contributed by atoms with Crippen molar-refractivity contribution >= 4 is 46.3 Å². The van der Waals surface area contributed by atoms with Crippen molar-refractivity contribution in [2.75, 3.05) is 5.32 Å². The maximum atomic E-state index is 11.7. The molecule has 0 radical (unpaired) electrons. The Labute approximate surface area is 205 Å². The van der Waals surface area contributed by atoms with Crippen LogP contribution in [0.3, 0.4) is 0 Å². The lowest BCUT2D eigenvalue weighted by atomic mass is 9.91. The van der Waals surface area contributed by atoms with E-state index in [9.17, 15) is 9.59 Å². The average Bonchev–Trinajstić information content (AvgIpc) is 3.49. The van der Waals surface area contributed by atoms with E-state index < -0.39 is 0 Å². The first-order valence-corrected chi connectivity index (χ1v) is 12.9. The van der Waals surface area contributed by atoms with Crippen LogP contribution < -0.4 is 16.0 Å². The number of anilines is 1. The lowest BCUT2D eigenvalue weighted by Crippen LogP contribution is -2.37. The highest BCUT2D eigenvalue weighted by Gasteiger charge is 2.25. The van der Waals surface area contributed by atoms with Crippen molar-refractivity contribution < 1.29 is 9.59 Å². The molecule has 0 atom stereocenters. The van der Waals surface area contributed by atoms with Gasteiger partial charge in [-0.1, -0.05) is 12.1 Å². The molecule has 2 amide bonds. The molecule has 1 saturated heterocycles. The first-order valence-electron chi connectivity index (χ1n) is 11.2. The largest absolute Gasteiger partial charge is 0.351 e. The highest BCUT2D eigenvalue weighted by Crippen LogP contribution is 2.26. The number of thiophene rings is 1. The number of thioether (sulfide) groups is 1. The molecular formula is C24H24N6O2S2. The molecule has 2 fully saturated rings. The fraction of sp³-hybridized carbons (Fsp3) is 0.292. The first kappa shape index (κ1) is 22.7. The third-order valence-corrected chi connectivity index (χ3v) is 7.51. The lowest BCUT2D eigenvalue weighted by Gasteiger charge is -2.29. The number of carbonyl (C=O) groups excluding carboxylic acids is 2. The number of imide groups is 1. The van der Waals surface area contributed by atoms with Gasteiger partial charge < -0.3 is 10.6 Å². The van der Waals surface area contributed by atoms with E-state index in [-0.39, 0.29) is 11.1 Å². The molecule has 174 valence electrons. The summed E-state index contributed by atoms with van der Waals surface area (Å²) in [5, 5.41) is 11.0. The standard InChI is InChI=1S/C24H24N6O2S2/c31-22-21(34-24(32)30-22)13-17-10-11-25-23(29-17)28-16-8-6-15(7-9-16)26-14-18-3-1-4-19(27-18)20-5-2-12-33-20/h1-5,10-13,15-16,26H,6-9,14H2,(H,25,28,29)(H,30,31,32)/b21-13-/t15-,16+. The molecule has 0 spiro atoms. The van der Waals surface area contributed by atoms with E-state index in [0.29, 0.717) is 28.6 Å². The molecule has 10 heteroatoms. The SMILES string of the molecule is O=C1NC(=O)/C(=C/c2ccnc(N[C@H]3CC[C@@H](NCc4cccc(-c5cccs5)n4)CC3)n2)S1. The van der Waals surface area contributed by atoms with Crippen LogP contribution in [0.15, 0.2) is 52.9 Å². The van der Waals surface area contributed by atoms with Crippen LogP contribution in [0.5, 0.6) is 0 Å². The van der Waals surface area contributed by atoms with E-state index in [4.69, 9.17) is 4.98 Å². The predicted molar refractivity (Wildman–Crippen MR) is 135 cm³/mol. The van der Waals surface area contributed by atoms with E-state index in [1.807, 2.05) is 6.07 Å². The Balaban J connectivity index is 1.11. The second-order valence-corrected chi connectivity index (χ2v) is 10.2. The molecular weight excluding hydrogens is 468 g/mol. The summed E-state index contributed by atoms with van der Waals surface area (Å²) < 4.78 is 0. The molecule has 0 unspecified atom stereocenters. The van der Waals surface area contributed by atoms with Crippen LogP contribution in [0.1, 0.15) is 37.1 Å². The molecule has 2 aliphatic rings. The molecule has 8 nitrogen and oxygen atoms in total. The van der Waals surface area contributed by atoms with E-state index in [0.717, 1.165) is 55.4 Å². The van der Waals surface area contributed by atoms with E-state index in [2.05, 4.69) is 55.6 Å². The number of hydrogen-bond donors (Lipinski definition) is 3. The summed E-state index contributed by atoms with van der Waals surface area (Å²) in [6.45, 7) is 0.760. The second kappa shape index (κ2) is 10.5. The van der Waals surface area contributed by atoms with E-state index in [1.165, 1.54) is 4.88 Å². The fourth-order valence-electron chi connectivity index (χ4n) is 4.09. The van der Waals surface area contributed by atoms with Crippen LogP contribution in [0.25, 0.3) is 16.6 Å². The number of hydrogen-bond acceptors (Lipinski definition) is 9. The zero-order valence-electron chi connectivity index (χ0n) is 18.4. The van der Waals surface area contributed by atoms with E-state index >= 15 is 0 Å². The fourth-order valence-corrected chi connectivity index (χ4v) is 5.45. The van der Waals surface area contributed by atoms with Gasteiger partial charge in [-0.3, -0.25) is 19.9 Å². The lowest BCUT2D eigenvalue weighted by molar-refractivity contribution is -0.115. The number of nitrogens with zero attached hydrogens (tertiary/aromatic N) is 3. The normalized spacial score (nSPS) is 21.6. The van der Waals surface area contributed by atoms with Gasteiger partial charge in [0.2, 0.25) is 5.95 Å². The molecule has 34 heavy (non-hydrogen) atoms. The van der Waals surface area contributed by atoms with Crippen molar-refractivity contribution in [2.45, 2.75) is 44.3 Å². The number of pyridine rings is 1. The molecule has 1 aliphatic carbocycles. The van der Waals surface area contributed by atoms with Crippen LogP contribution in [0.2, 0.25) is 0 Å². The number of amides is 2. The van der Waals surface area contributed by atoms with Crippen LogP contribution in [0.4, 0.5) is 10.7 Å². The van der Waals surface area contributed by atoms with Crippen molar-refractivity contribution in [3.63, 3.8) is 0 Å². The quantitative estimate of drug-likeness (QED) is 0.416. The molecule has 0 aromatic carbocycles. The Morgan fingerprint density at radius 2 is 1.88 bits per heavy atom. The summed E-state index contributed by atoms with van der Waals surface area (Å²) in [6.07, 6.45) is 7.42. The Hall–Kier alpha value is -3.08. The molecule has 1 saturated carbocycles. The highest BCUT2D eigenvalue weighted by molar-refractivity contribution is 8.18. The monoisotopic (exact) mass is 492 g/mol. The van der Waals surface area contributed by atoms with Gasteiger partial charge in [-0.05, 0) is 73.2 Å². The Morgan fingerprint density at radius 1 is 1.03 bits per heavy atom. The van der Waals surface area contributed by atoms with Gasteiger partial charge in [-0.2, -0.15) is 0 Å².